The molecular formula is C12H9F2IN2. The van der Waals surface area contributed by atoms with E-state index in [0.29, 0.717) is 6.54 Å². The molecule has 0 amide bonds. The van der Waals surface area contributed by atoms with Gasteiger partial charge in [-0.25, -0.2) is 8.78 Å². The molecule has 2 aromatic rings. The minimum atomic E-state index is -0.363. The maximum absolute atomic E-state index is 12.9. The van der Waals surface area contributed by atoms with Crippen LogP contribution < -0.4 is 5.32 Å². The Bertz CT molecular complexity index is 532. The molecule has 0 saturated carbocycles. The molecule has 5 heteroatoms. The Morgan fingerprint density at radius 1 is 1.12 bits per heavy atom. The number of hydrogen-bond donors (Lipinski definition) is 1. The number of anilines is 1. The number of benzene rings is 1. The predicted molar refractivity (Wildman–Crippen MR) is 70.6 cm³/mol. The van der Waals surface area contributed by atoms with Crippen molar-refractivity contribution in [2.75, 3.05) is 5.32 Å². The fraction of sp³-hybridized carbons (Fsp3) is 0.0833. The van der Waals surface area contributed by atoms with Gasteiger partial charge in [0.15, 0.2) is 0 Å². The maximum Gasteiger partial charge on any atom is 0.141 e. The fourth-order valence-electron chi connectivity index (χ4n) is 1.38. The molecule has 0 unspecified atom stereocenters. The highest BCUT2D eigenvalue weighted by molar-refractivity contribution is 14.1. The van der Waals surface area contributed by atoms with Crippen LogP contribution in [0.15, 0.2) is 36.7 Å². The van der Waals surface area contributed by atoms with Gasteiger partial charge in [-0.1, -0.05) is 0 Å². The molecule has 1 heterocycles. The second-order valence-electron chi connectivity index (χ2n) is 3.49. The minimum Gasteiger partial charge on any atom is -0.380 e. The fourth-order valence-corrected chi connectivity index (χ4v) is 2.05. The zero-order valence-electron chi connectivity index (χ0n) is 8.75. The maximum atomic E-state index is 12.9. The van der Waals surface area contributed by atoms with Gasteiger partial charge >= 0.3 is 0 Å². The van der Waals surface area contributed by atoms with Crippen molar-refractivity contribution in [2.24, 2.45) is 0 Å². The summed E-state index contributed by atoms with van der Waals surface area (Å²) < 4.78 is 26.5. The Morgan fingerprint density at radius 2 is 1.94 bits per heavy atom. The molecule has 0 aliphatic carbocycles. The average Bonchev–Trinajstić information content (AvgIpc) is 2.28. The van der Waals surface area contributed by atoms with E-state index in [0.717, 1.165) is 21.0 Å². The lowest BCUT2D eigenvalue weighted by molar-refractivity contribution is 0.619. The van der Waals surface area contributed by atoms with E-state index in [9.17, 15) is 8.78 Å². The Labute approximate surface area is 111 Å². The van der Waals surface area contributed by atoms with Crippen molar-refractivity contribution in [3.05, 3.63) is 57.4 Å². The number of halogens is 3. The van der Waals surface area contributed by atoms with Gasteiger partial charge in [0, 0.05) is 22.0 Å². The van der Waals surface area contributed by atoms with Crippen molar-refractivity contribution >= 4 is 28.3 Å². The molecule has 2 rings (SSSR count). The molecule has 0 atom stereocenters. The zero-order valence-corrected chi connectivity index (χ0v) is 10.9. The lowest BCUT2D eigenvalue weighted by Gasteiger charge is -2.08. The smallest absolute Gasteiger partial charge is 0.141 e. The molecule has 2 nitrogen and oxygen atoms in total. The topological polar surface area (TPSA) is 24.9 Å². The first kappa shape index (κ1) is 12.2. The molecule has 0 bridgehead atoms. The number of rotatable bonds is 3. The van der Waals surface area contributed by atoms with Crippen LogP contribution in [0, 0.1) is 15.2 Å². The summed E-state index contributed by atoms with van der Waals surface area (Å²) >= 11 is 2.04. The molecule has 0 fully saturated rings. The number of hydrogen-bond acceptors (Lipinski definition) is 2. The summed E-state index contributed by atoms with van der Waals surface area (Å²) in [5.74, 6) is -0.634. The van der Waals surface area contributed by atoms with Gasteiger partial charge in [-0.05, 0) is 52.4 Å². The Kier molecular flexibility index (Phi) is 3.88. The van der Waals surface area contributed by atoms with Gasteiger partial charge in [0.2, 0.25) is 0 Å². The molecule has 88 valence electrons. The first-order chi connectivity index (χ1) is 8.15. The quantitative estimate of drug-likeness (QED) is 0.860. The third-order valence-corrected chi connectivity index (χ3v) is 3.07. The van der Waals surface area contributed by atoms with Gasteiger partial charge in [0.1, 0.15) is 11.6 Å². The largest absolute Gasteiger partial charge is 0.380 e. The Balaban J connectivity index is 2.07. The SMILES string of the molecule is Fc1cncc(CNc2ccc(F)cc2I)c1. The van der Waals surface area contributed by atoms with Crippen LogP contribution in [0.2, 0.25) is 0 Å². The van der Waals surface area contributed by atoms with E-state index < -0.39 is 0 Å². The lowest BCUT2D eigenvalue weighted by Crippen LogP contribution is -2.02. The van der Waals surface area contributed by atoms with Crippen LogP contribution in [0.1, 0.15) is 5.56 Å². The van der Waals surface area contributed by atoms with Crippen LogP contribution in [-0.4, -0.2) is 4.98 Å². The van der Waals surface area contributed by atoms with Crippen LogP contribution in [0.25, 0.3) is 0 Å². The predicted octanol–water partition coefficient (Wildman–Crippen LogP) is 3.58. The molecule has 17 heavy (non-hydrogen) atoms. The third-order valence-electron chi connectivity index (χ3n) is 2.18. The summed E-state index contributed by atoms with van der Waals surface area (Å²) in [5, 5.41) is 3.10. The minimum absolute atomic E-state index is 0.271. The summed E-state index contributed by atoms with van der Waals surface area (Å²) in [6.07, 6.45) is 2.75. The van der Waals surface area contributed by atoms with Gasteiger partial charge in [0.05, 0.1) is 6.20 Å². The van der Waals surface area contributed by atoms with Crippen molar-refractivity contribution in [1.82, 2.24) is 4.98 Å². The standard InChI is InChI=1S/C12H9F2IN2/c13-9-1-2-12(11(15)4-9)17-6-8-3-10(14)7-16-5-8/h1-5,7,17H,6H2. The molecular weight excluding hydrogens is 337 g/mol. The highest BCUT2D eigenvalue weighted by Crippen LogP contribution is 2.19. The number of pyridine rings is 1. The molecule has 1 aromatic heterocycles. The molecule has 0 aliphatic rings. The molecule has 1 aromatic carbocycles. The van der Waals surface area contributed by atoms with E-state index in [2.05, 4.69) is 10.3 Å². The highest BCUT2D eigenvalue weighted by atomic mass is 127. The van der Waals surface area contributed by atoms with Gasteiger partial charge in [-0.3, -0.25) is 4.98 Å². The van der Waals surface area contributed by atoms with E-state index >= 15 is 0 Å². The molecule has 0 saturated heterocycles. The Hall–Kier alpha value is -1.24. The normalized spacial score (nSPS) is 10.3. The van der Waals surface area contributed by atoms with Crippen LogP contribution in [0.3, 0.4) is 0 Å². The van der Waals surface area contributed by atoms with Crippen LogP contribution >= 0.6 is 22.6 Å². The van der Waals surface area contributed by atoms with Crippen molar-refractivity contribution in [3.63, 3.8) is 0 Å². The summed E-state index contributed by atoms with van der Waals surface area (Å²) in [7, 11) is 0. The molecule has 1 N–H and O–H groups in total. The van der Waals surface area contributed by atoms with E-state index in [1.807, 2.05) is 22.6 Å². The van der Waals surface area contributed by atoms with E-state index in [-0.39, 0.29) is 11.6 Å². The van der Waals surface area contributed by atoms with Gasteiger partial charge in [0.25, 0.3) is 0 Å². The Morgan fingerprint density at radius 3 is 2.65 bits per heavy atom. The summed E-state index contributed by atoms with van der Waals surface area (Å²) in [5.41, 5.74) is 1.56. The van der Waals surface area contributed by atoms with Crippen LogP contribution in [0.4, 0.5) is 14.5 Å². The second-order valence-corrected chi connectivity index (χ2v) is 4.65. The summed E-state index contributed by atoms with van der Waals surface area (Å²) in [6.45, 7) is 0.451. The summed E-state index contributed by atoms with van der Waals surface area (Å²) in [4.78, 5) is 3.76. The molecule has 0 radical (unpaired) electrons. The van der Waals surface area contributed by atoms with Gasteiger partial charge in [-0.2, -0.15) is 0 Å². The van der Waals surface area contributed by atoms with Crippen molar-refractivity contribution < 1.29 is 8.78 Å². The van der Waals surface area contributed by atoms with Crippen molar-refractivity contribution in [3.8, 4) is 0 Å². The highest BCUT2D eigenvalue weighted by Gasteiger charge is 2.01. The first-order valence-corrected chi connectivity index (χ1v) is 6.01. The summed E-state index contributed by atoms with van der Waals surface area (Å²) in [6, 6.07) is 5.89. The lowest BCUT2D eigenvalue weighted by atomic mass is 10.2. The van der Waals surface area contributed by atoms with Gasteiger partial charge < -0.3 is 5.32 Å². The van der Waals surface area contributed by atoms with Gasteiger partial charge in [-0.15, -0.1) is 0 Å². The first-order valence-electron chi connectivity index (χ1n) is 4.93. The molecule has 0 spiro atoms. The van der Waals surface area contributed by atoms with Crippen LogP contribution in [0.5, 0.6) is 0 Å². The second kappa shape index (κ2) is 5.39. The van der Waals surface area contributed by atoms with Crippen molar-refractivity contribution in [1.29, 1.82) is 0 Å². The van der Waals surface area contributed by atoms with E-state index in [1.165, 1.54) is 18.2 Å². The van der Waals surface area contributed by atoms with E-state index in [1.54, 1.807) is 12.3 Å². The third kappa shape index (κ3) is 3.36. The van der Waals surface area contributed by atoms with E-state index in [4.69, 9.17) is 0 Å². The average molecular weight is 346 g/mol. The van der Waals surface area contributed by atoms with Crippen molar-refractivity contribution in [2.45, 2.75) is 6.54 Å². The number of nitrogens with zero attached hydrogens (tertiary/aromatic N) is 1. The molecule has 0 aliphatic heterocycles. The zero-order chi connectivity index (χ0) is 12.3. The number of aromatic nitrogens is 1. The van der Waals surface area contributed by atoms with Crippen LogP contribution in [-0.2, 0) is 6.54 Å². The monoisotopic (exact) mass is 346 g/mol. The number of nitrogens with one attached hydrogen (secondary N) is 1.